The lowest BCUT2D eigenvalue weighted by Gasteiger charge is -2.27. The Morgan fingerprint density at radius 1 is 1.44 bits per heavy atom. The second-order valence-electron chi connectivity index (χ2n) is 4.93. The molecule has 0 aromatic carbocycles. The smallest absolute Gasteiger partial charge is 0.410 e. The average Bonchev–Trinajstić information content (AvgIpc) is 2.29. The van der Waals surface area contributed by atoms with E-state index >= 15 is 0 Å². The van der Waals surface area contributed by atoms with E-state index in [1.54, 1.807) is 45.2 Å². The molecule has 98 valence electrons. The Balaban J connectivity index is 2.84. The number of hydrogen-bond donors (Lipinski definition) is 0. The van der Waals surface area contributed by atoms with Crippen LogP contribution in [0.4, 0.5) is 4.79 Å². The summed E-state index contributed by atoms with van der Waals surface area (Å²) in [7, 11) is 1.52. The number of nitrogens with zero attached hydrogens (tertiary/aromatic N) is 2. The number of amides is 1. The van der Waals surface area contributed by atoms with Crippen LogP contribution in [-0.4, -0.2) is 34.9 Å². The molecule has 0 fully saturated rings. The molecule has 0 aliphatic rings. The molecule has 1 amide bonds. The van der Waals surface area contributed by atoms with Crippen molar-refractivity contribution in [3.63, 3.8) is 0 Å². The number of carbonyl (C=O) groups excluding carboxylic acids is 2. The van der Waals surface area contributed by atoms with Gasteiger partial charge in [-0.05, 0) is 32.9 Å². The summed E-state index contributed by atoms with van der Waals surface area (Å²) < 4.78 is 5.20. The number of pyridine rings is 1. The number of carbonyl (C=O) groups is 2. The molecule has 1 aromatic rings. The monoisotopic (exact) mass is 250 g/mol. The fourth-order valence-electron chi connectivity index (χ4n) is 1.36. The molecular weight excluding hydrogens is 232 g/mol. The number of aldehydes is 1. The van der Waals surface area contributed by atoms with Gasteiger partial charge < -0.3 is 9.53 Å². The van der Waals surface area contributed by atoms with E-state index < -0.39 is 17.7 Å². The van der Waals surface area contributed by atoms with E-state index in [2.05, 4.69) is 4.98 Å². The number of likely N-dealkylation sites (N-methyl/N-ethyl adjacent to an activating group) is 1. The first-order valence-electron chi connectivity index (χ1n) is 5.67. The molecular formula is C13H18N2O3. The summed E-state index contributed by atoms with van der Waals surface area (Å²) in [5.74, 6) is 0. The number of rotatable bonds is 3. The third-order valence-corrected chi connectivity index (χ3v) is 2.22. The number of aromatic nitrogens is 1. The van der Waals surface area contributed by atoms with E-state index in [-0.39, 0.29) is 0 Å². The summed E-state index contributed by atoms with van der Waals surface area (Å²) in [4.78, 5) is 28.3. The molecule has 0 N–H and O–H groups in total. The molecule has 0 saturated carbocycles. The highest BCUT2D eigenvalue weighted by atomic mass is 16.6. The molecule has 0 aliphatic carbocycles. The van der Waals surface area contributed by atoms with E-state index in [1.165, 1.54) is 11.9 Å². The van der Waals surface area contributed by atoms with Gasteiger partial charge in [0.15, 0.2) is 0 Å². The molecule has 0 radical (unpaired) electrons. The van der Waals surface area contributed by atoms with Gasteiger partial charge in [-0.15, -0.1) is 0 Å². The lowest BCUT2D eigenvalue weighted by atomic mass is 10.2. The molecule has 1 aromatic heterocycles. The van der Waals surface area contributed by atoms with Crippen molar-refractivity contribution in [1.29, 1.82) is 0 Å². The normalized spacial score (nSPS) is 12.7. The topological polar surface area (TPSA) is 59.5 Å². The summed E-state index contributed by atoms with van der Waals surface area (Å²) in [5, 5.41) is 0. The third-order valence-electron chi connectivity index (χ3n) is 2.22. The van der Waals surface area contributed by atoms with Crippen LogP contribution in [0.15, 0.2) is 24.4 Å². The highest BCUT2D eigenvalue weighted by molar-refractivity contribution is 5.74. The van der Waals surface area contributed by atoms with Crippen molar-refractivity contribution < 1.29 is 14.3 Å². The standard InChI is InChI=1S/C13H18N2O3/c1-13(2,3)18-12(17)15(4)11(9-16)10-7-5-6-8-14-10/h5-9,11H,1-4H3. The maximum absolute atomic E-state index is 11.8. The van der Waals surface area contributed by atoms with Crippen molar-refractivity contribution in [2.24, 2.45) is 0 Å². The van der Waals surface area contributed by atoms with E-state index in [0.717, 1.165) is 0 Å². The van der Waals surface area contributed by atoms with Crippen LogP contribution in [0.25, 0.3) is 0 Å². The van der Waals surface area contributed by atoms with E-state index in [1.807, 2.05) is 0 Å². The molecule has 0 bridgehead atoms. The zero-order valence-corrected chi connectivity index (χ0v) is 11.1. The van der Waals surface area contributed by atoms with E-state index in [0.29, 0.717) is 12.0 Å². The Bertz CT molecular complexity index is 412. The van der Waals surface area contributed by atoms with Gasteiger partial charge in [-0.3, -0.25) is 9.88 Å². The summed E-state index contributed by atoms with van der Waals surface area (Å²) in [6.45, 7) is 5.32. The predicted molar refractivity (Wildman–Crippen MR) is 67.0 cm³/mol. The van der Waals surface area contributed by atoms with Gasteiger partial charge in [-0.1, -0.05) is 6.07 Å². The quantitative estimate of drug-likeness (QED) is 0.771. The molecule has 5 nitrogen and oxygen atoms in total. The van der Waals surface area contributed by atoms with Crippen LogP contribution >= 0.6 is 0 Å². The molecule has 1 heterocycles. The Kier molecular flexibility index (Phi) is 4.42. The summed E-state index contributed by atoms with van der Waals surface area (Å²) >= 11 is 0. The molecule has 1 rings (SSSR count). The summed E-state index contributed by atoms with van der Waals surface area (Å²) in [5.41, 5.74) is -0.0797. The molecule has 0 saturated heterocycles. The molecule has 18 heavy (non-hydrogen) atoms. The number of hydrogen-bond acceptors (Lipinski definition) is 4. The molecule has 0 aliphatic heterocycles. The van der Waals surface area contributed by atoms with Gasteiger partial charge >= 0.3 is 6.09 Å². The van der Waals surface area contributed by atoms with Crippen molar-refractivity contribution >= 4 is 12.4 Å². The first kappa shape index (κ1) is 14.2. The fraction of sp³-hybridized carbons (Fsp3) is 0.462. The second-order valence-corrected chi connectivity index (χ2v) is 4.93. The summed E-state index contributed by atoms with van der Waals surface area (Å²) in [6, 6.07) is 4.47. The van der Waals surface area contributed by atoms with Gasteiger partial charge in [0.25, 0.3) is 0 Å². The van der Waals surface area contributed by atoms with Gasteiger partial charge in [0, 0.05) is 13.2 Å². The minimum Gasteiger partial charge on any atom is -0.444 e. The Hall–Kier alpha value is -1.91. The molecule has 0 spiro atoms. The minimum absolute atomic E-state index is 0.515. The maximum atomic E-state index is 11.8. The van der Waals surface area contributed by atoms with Crippen LogP contribution in [0.3, 0.4) is 0 Å². The molecule has 5 heteroatoms. The van der Waals surface area contributed by atoms with Gasteiger partial charge in [0.2, 0.25) is 0 Å². The largest absolute Gasteiger partial charge is 0.444 e. The van der Waals surface area contributed by atoms with Gasteiger partial charge in [0.05, 0.1) is 5.69 Å². The molecule has 1 atom stereocenters. The van der Waals surface area contributed by atoms with Crippen LogP contribution in [0.5, 0.6) is 0 Å². The Labute approximate surface area is 107 Å². The second kappa shape index (κ2) is 5.62. The van der Waals surface area contributed by atoms with Crippen molar-refractivity contribution in [2.75, 3.05) is 7.05 Å². The van der Waals surface area contributed by atoms with Crippen molar-refractivity contribution in [3.05, 3.63) is 30.1 Å². The Morgan fingerprint density at radius 2 is 2.11 bits per heavy atom. The highest BCUT2D eigenvalue weighted by Gasteiger charge is 2.26. The maximum Gasteiger partial charge on any atom is 0.410 e. The lowest BCUT2D eigenvalue weighted by Crippen LogP contribution is -2.37. The lowest BCUT2D eigenvalue weighted by molar-refractivity contribution is -0.112. The van der Waals surface area contributed by atoms with Gasteiger partial charge in [-0.25, -0.2) is 4.79 Å². The van der Waals surface area contributed by atoms with E-state index in [9.17, 15) is 9.59 Å². The SMILES string of the molecule is CN(C(=O)OC(C)(C)C)C(C=O)c1ccccn1. The minimum atomic E-state index is -0.735. The molecule has 1 unspecified atom stereocenters. The fourth-order valence-corrected chi connectivity index (χ4v) is 1.36. The van der Waals surface area contributed by atoms with Gasteiger partial charge in [-0.2, -0.15) is 0 Å². The first-order chi connectivity index (χ1) is 8.35. The zero-order valence-electron chi connectivity index (χ0n) is 11.1. The summed E-state index contributed by atoms with van der Waals surface area (Å²) in [6.07, 6.45) is 1.70. The van der Waals surface area contributed by atoms with Crippen LogP contribution in [-0.2, 0) is 9.53 Å². The van der Waals surface area contributed by atoms with Crippen LogP contribution in [0.2, 0.25) is 0 Å². The van der Waals surface area contributed by atoms with Crippen molar-refractivity contribution in [3.8, 4) is 0 Å². The van der Waals surface area contributed by atoms with Crippen LogP contribution in [0.1, 0.15) is 32.5 Å². The highest BCUT2D eigenvalue weighted by Crippen LogP contribution is 2.18. The van der Waals surface area contributed by atoms with Crippen LogP contribution < -0.4 is 0 Å². The third kappa shape index (κ3) is 3.84. The Morgan fingerprint density at radius 3 is 2.56 bits per heavy atom. The average molecular weight is 250 g/mol. The van der Waals surface area contributed by atoms with Crippen LogP contribution in [0, 0.1) is 0 Å². The zero-order chi connectivity index (χ0) is 13.8. The van der Waals surface area contributed by atoms with Crippen molar-refractivity contribution in [2.45, 2.75) is 32.4 Å². The van der Waals surface area contributed by atoms with Gasteiger partial charge in [0.1, 0.15) is 17.9 Å². The number of ether oxygens (including phenoxy) is 1. The predicted octanol–water partition coefficient (Wildman–Crippen LogP) is 2.19. The first-order valence-corrected chi connectivity index (χ1v) is 5.67. The van der Waals surface area contributed by atoms with E-state index in [4.69, 9.17) is 4.74 Å². The van der Waals surface area contributed by atoms with Crippen molar-refractivity contribution in [1.82, 2.24) is 9.88 Å².